The zero-order valence-corrected chi connectivity index (χ0v) is 9.85. The van der Waals surface area contributed by atoms with Gasteiger partial charge in [0.1, 0.15) is 0 Å². The second kappa shape index (κ2) is 4.37. The molecule has 0 amide bonds. The summed E-state index contributed by atoms with van der Waals surface area (Å²) >= 11 is 0. The number of hydrogen-bond donors (Lipinski definition) is 2. The summed E-state index contributed by atoms with van der Waals surface area (Å²) in [5.74, 6) is 1.34. The number of hydrogen-bond acceptors (Lipinski definition) is 5. The lowest BCUT2D eigenvalue weighted by molar-refractivity contribution is 0.00483. The number of aryl methyl sites for hydroxylation is 1. The van der Waals surface area contributed by atoms with Crippen molar-refractivity contribution in [2.75, 3.05) is 11.9 Å². The summed E-state index contributed by atoms with van der Waals surface area (Å²) in [5, 5.41) is 24.5. The predicted molar refractivity (Wildman–Crippen MR) is 59.9 cm³/mol. The van der Waals surface area contributed by atoms with Crippen LogP contribution in [0.3, 0.4) is 0 Å². The second-order valence-electron chi connectivity index (χ2n) is 4.89. The van der Waals surface area contributed by atoms with Crippen molar-refractivity contribution >= 4 is 5.95 Å². The van der Waals surface area contributed by atoms with E-state index in [1.54, 1.807) is 11.7 Å². The van der Waals surface area contributed by atoms with Gasteiger partial charge in [0.25, 0.3) is 0 Å². The molecule has 6 nitrogen and oxygen atoms in total. The van der Waals surface area contributed by atoms with Crippen LogP contribution in [0.25, 0.3) is 0 Å². The van der Waals surface area contributed by atoms with Crippen LogP contribution in [-0.2, 0) is 7.05 Å². The topological polar surface area (TPSA) is 75.9 Å². The molecule has 1 heterocycles. The maximum Gasteiger partial charge on any atom is 0.242 e. The molecule has 1 fully saturated rings. The lowest BCUT2D eigenvalue weighted by Crippen LogP contribution is -2.40. The summed E-state index contributed by atoms with van der Waals surface area (Å²) in [5.41, 5.74) is -0.599. The van der Waals surface area contributed by atoms with Crippen molar-refractivity contribution in [2.24, 2.45) is 13.0 Å². The summed E-state index contributed by atoms with van der Waals surface area (Å²) in [6.45, 7) is 2.76. The van der Waals surface area contributed by atoms with Gasteiger partial charge in [-0.1, -0.05) is 12.0 Å². The predicted octanol–water partition coefficient (Wildman–Crippen LogP) is 0.563. The summed E-state index contributed by atoms with van der Waals surface area (Å²) in [6.07, 6.45) is 3.89. The Balaban J connectivity index is 1.88. The molecular weight excluding hydrogens is 206 g/mol. The third-order valence-corrected chi connectivity index (χ3v) is 3.40. The maximum atomic E-state index is 10.3. The second-order valence-corrected chi connectivity index (χ2v) is 4.89. The van der Waals surface area contributed by atoms with Crippen LogP contribution in [0.2, 0.25) is 0 Å². The van der Waals surface area contributed by atoms with E-state index in [1.807, 2.05) is 0 Å². The molecule has 1 saturated carbocycles. The molecule has 0 bridgehead atoms. The number of rotatable bonds is 3. The van der Waals surface area contributed by atoms with E-state index in [-0.39, 0.29) is 0 Å². The van der Waals surface area contributed by atoms with Crippen LogP contribution in [0.4, 0.5) is 5.95 Å². The zero-order chi connectivity index (χ0) is 11.6. The van der Waals surface area contributed by atoms with E-state index >= 15 is 0 Å². The Bertz CT molecular complexity index is 343. The lowest BCUT2D eigenvalue weighted by Gasteiger charge is -2.34. The molecule has 0 atom stereocenters. The summed E-state index contributed by atoms with van der Waals surface area (Å²) < 4.78 is 1.56. The summed E-state index contributed by atoms with van der Waals surface area (Å²) in [4.78, 5) is 0. The van der Waals surface area contributed by atoms with Crippen molar-refractivity contribution in [3.63, 3.8) is 0 Å². The molecule has 0 radical (unpaired) electrons. The highest BCUT2D eigenvalue weighted by Gasteiger charge is 2.31. The van der Waals surface area contributed by atoms with E-state index < -0.39 is 5.60 Å². The van der Waals surface area contributed by atoms with Crippen LogP contribution in [0, 0.1) is 5.92 Å². The zero-order valence-electron chi connectivity index (χ0n) is 9.85. The van der Waals surface area contributed by atoms with Crippen molar-refractivity contribution in [1.29, 1.82) is 0 Å². The number of nitrogens with zero attached hydrogens (tertiary/aromatic N) is 4. The van der Waals surface area contributed by atoms with Crippen LogP contribution in [0.1, 0.15) is 32.6 Å². The van der Waals surface area contributed by atoms with Gasteiger partial charge in [0, 0.05) is 13.6 Å². The Kier molecular flexibility index (Phi) is 3.09. The molecule has 0 saturated heterocycles. The van der Waals surface area contributed by atoms with Gasteiger partial charge in [-0.3, -0.25) is 0 Å². The average Bonchev–Trinajstić information content (AvgIpc) is 2.67. The lowest BCUT2D eigenvalue weighted by atomic mass is 9.79. The van der Waals surface area contributed by atoms with Crippen molar-refractivity contribution < 1.29 is 5.11 Å². The first-order valence-corrected chi connectivity index (χ1v) is 5.78. The van der Waals surface area contributed by atoms with Crippen molar-refractivity contribution in [2.45, 2.75) is 38.2 Å². The minimum absolute atomic E-state index is 0.522. The molecule has 90 valence electrons. The number of aliphatic hydroxyl groups is 1. The Morgan fingerprint density at radius 1 is 1.50 bits per heavy atom. The smallest absolute Gasteiger partial charge is 0.242 e. The minimum Gasteiger partial charge on any atom is -0.388 e. The van der Waals surface area contributed by atoms with Crippen molar-refractivity contribution in [1.82, 2.24) is 20.2 Å². The Labute approximate surface area is 95.0 Å². The van der Waals surface area contributed by atoms with E-state index in [4.69, 9.17) is 0 Å². The van der Waals surface area contributed by atoms with Gasteiger partial charge in [-0.15, -0.1) is 0 Å². The highest BCUT2D eigenvalue weighted by molar-refractivity contribution is 5.22. The van der Waals surface area contributed by atoms with Crippen molar-refractivity contribution in [3.8, 4) is 0 Å². The Morgan fingerprint density at radius 2 is 2.19 bits per heavy atom. The van der Waals surface area contributed by atoms with Gasteiger partial charge in [0.2, 0.25) is 5.95 Å². The number of anilines is 1. The van der Waals surface area contributed by atoms with Gasteiger partial charge in [0.15, 0.2) is 0 Å². The SMILES string of the molecule is CC1CCC(O)(CNc2nnnn2C)CC1. The molecule has 1 aliphatic rings. The summed E-state index contributed by atoms with van der Waals surface area (Å²) in [7, 11) is 1.77. The van der Waals surface area contributed by atoms with Gasteiger partial charge in [0.05, 0.1) is 5.60 Å². The average molecular weight is 225 g/mol. The molecule has 2 N–H and O–H groups in total. The Hall–Kier alpha value is -1.17. The highest BCUT2D eigenvalue weighted by atomic mass is 16.3. The molecule has 6 heteroatoms. The van der Waals surface area contributed by atoms with Crippen LogP contribution in [-0.4, -0.2) is 37.5 Å². The Morgan fingerprint density at radius 3 is 2.75 bits per heavy atom. The van der Waals surface area contributed by atoms with Gasteiger partial charge in [-0.05, 0) is 42.0 Å². The van der Waals surface area contributed by atoms with Crippen LogP contribution in [0.5, 0.6) is 0 Å². The standard InChI is InChI=1S/C10H19N5O/c1-8-3-5-10(16,6-4-8)7-11-9-12-13-14-15(9)2/h8,16H,3-7H2,1-2H3,(H,11,12,14). The van der Waals surface area contributed by atoms with Gasteiger partial charge in [-0.2, -0.15) is 0 Å². The van der Waals surface area contributed by atoms with E-state index in [2.05, 4.69) is 27.8 Å². The molecule has 0 aliphatic heterocycles. The fraction of sp³-hybridized carbons (Fsp3) is 0.900. The third kappa shape index (κ3) is 2.49. The van der Waals surface area contributed by atoms with E-state index in [0.717, 1.165) is 31.6 Å². The maximum absolute atomic E-state index is 10.3. The largest absolute Gasteiger partial charge is 0.388 e. The van der Waals surface area contributed by atoms with Crippen LogP contribution >= 0.6 is 0 Å². The van der Waals surface area contributed by atoms with Crippen molar-refractivity contribution in [3.05, 3.63) is 0 Å². The van der Waals surface area contributed by atoms with E-state index in [1.165, 1.54) is 0 Å². The first-order chi connectivity index (χ1) is 7.59. The molecule has 0 unspecified atom stereocenters. The van der Waals surface area contributed by atoms with Gasteiger partial charge < -0.3 is 10.4 Å². The highest BCUT2D eigenvalue weighted by Crippen LogP contribution is 2.31. The van der Waals surface area contributed by atoms with Crippen LogP contribution in [0.15, 0.2) is 0 Å². The number of tetrazole rings is 1. The monoisotopic (exact) mass is 225 g/mol. The first-order valence-electron chi connectivity index (χ1n) is 5.78. The molecule has 1 aliphatic carbocycles. The quantitative estimate of drug-likeness (QED) is 0.786. The van der Waals surface area contributed by atoms with Crippen LogP contribution < -0.4 is 5.32 Å². The third-order valence-electron chi connectivity index (χ3n) is 3.40. The first kappa shape index (κ1) is 11.3. The summed E-state index contributed by atoms with van der Waals surface area (Å²) in [6, 6.07) is 0. The molecule has 0 spiro atoms. The molecule has 16 heavy (non-hydrogen) atoms. The molecule has 0 aromatic carbocycles. The molecular formula is C10H19N5O. The number of nitrogens with one attached hydrogen (secondary N) is 1. The minimum atomic E-state index is -0.599. The fourth-order valence-corrected chi connectivity index (χ4v) is 2.10. The fourth-order valence-electron chi connectivity index (χ4n) is 2.10. The van der Waals surface area contributed by atoms with E-state index in [0.29, 0.717) is 12.5 Å². The van der Waals surface area contributed by atoms with E-state index in [9.17, 15) is 5.11 Å². The van der Waals surface area contributed by atoms with Gasteiger partial charge >= 0.3 is 0 Å². The van der Waals surface area contributed by atoms with Gasteiger partial charge in [-0.25, -0.2) is 4.68 Å². The molecule has 2 rings (SSSR count). The molecule has 1 aromatic rings. The molecule has 1 aromatic heterocycles. The number of aromatic nitrogens is 4. The normalized spacial score (nSPS) is 30.3.